The van der Waals surface area contributed by atoms with E-state index >= 15 is 0 Å². The van der Waals surface area contributed by atoms with Crippen molar-refractivity contribution in [3.05, 3.63) is 35.1 Å². The van der Waals surface area contributed by atoms with Gasteiger partial charge in [0, 0.05) is 0 Å². The molecule has 0 spiro atoms. The number of unbranched alkanes of at least 4 members (excludes halogenated alkanes) is 1. The maximum absolute atomic E-state index is 13.2. The SMILES string of the molecule is CC.Cc1ccc(F)c(CCCCN)c1. The summed E-state index contributed by atoms with van der Waals surface area (Å²) in [5, 5.41) is 0. The van der Waals surface area contributed by atoms with E-state index in [-0.39, 0.29) is 5.82 Å². The molecule has 2 heteroatoms. The van der Waals surface area contributed by atoms with Crippen molar-refractivity contribution in [3.63, 3.8) is 0 Å². The first-order valence-corrected chi connectivity index (χ1v) is 5.69. The summed E-state index contributed by atoms with van der Waals surface area (Å²) in [6.45, 7) is 6.67. The third-order valence-electron chi connectivity index (χ3n) is 2.10. The van der Waals surface area contributed by atoms with Crippen LogP contribution in [0.25, 0.3) is 0 Å². The molecule has 0 saturated heterocycles. The van der Waals surface area contributed by atoms with Crippen LogP contribution in [0.4, 0.5) is 4.39 Å². The molecule has 0 aliphatic rings. The maximum atomic E-state index is 13.2. The second-order valence-electron chi connectivity index (χ2n) is 3.34. The molecule has 86 valence electrons. The Balaban J connectivity index is 0.000000921. The smallest absolute Gasteiger partial charge is 0.126 e. The molecule has 0 aliphatic heterocycles. The van der Waals surface area contributed by atoms with Gasteiger partial charge in [-0.05, 0) is 44.4 Å². The van der Waals surface area contributed by atoms with Gasteiger partial charge < -0.3 is 5.73 Å². The Bertz CT molecular complexity index is 271. The number of halogens is 1. The van der Waals surface area contributed by atoms with Gasteiger partial charge in [0.15, 0.2) is 0 Å². The molecule has 1 rings (SSSR count). The predicted molar refractivity (Wildman–Crippen MR) is 64.5 cm³/mol. The Labute approximate surface area is 92.5 Å². The van der Waals surface area contributed by atoms with E-state index in [1.807, 2.05) is 26.8 Å². The van der Waals surface area contributed by atoms with Crippen LogP contribution in [0, 0.1) is 12.7 Å². The van der Waals surface area contributed by atoms with E-state index in [4.69, 9.17) is 5.73 Å². The lowest BCUT2D eigenvalue weighted by Crippen LogP contribution is -2.00. The summed E-state index contributed by atoms with van der Waals surface area (Å²) in [5.74, 6) is -0.0948. The summed E-state index contributed by atoms with van der Waals surface area (Å²) in [4.78, 5) is 0. The Morgan fingerprint density at radius 1 is 1.20 bits per heavy atom. The van der Waals surface area contributed by atoms with Crippen molar-refractivity contribution in [1.82, 2.24) is 0 Å². The van der Waals surface area contributed by atoms with Gasteiger partial charge >= 0.3 is 0 Å². The van der Waals surface area contributed by atoms with Gasteiger partial charge in [0.2, 0.25) is 0 Å². The average molecular weight is 211 g/mol. The minimum Gasteiger partial charge on any atom is -0.330 e. The Morgan fingerprint density at radius 3 is 2.47 bits per heavy atom. The molecule has 0 atom stereocenters. The van der Waals surface area contributed by atoms with Gasteiger partial charge in [-0.3, -0.25) is 0 Å². The van der Waals surface area contributed by atoms with Gasteiger partial charge in [0.1, 0.15) is 5.82 Å². The molecule has 1 aromatic carbocycles. The van der Waals surface area contributed by atoms with Gasteiger partial charge in [-0.15, -0.1) is 0 Å². The van der Waals surface area contributed by atoms with E-state index in [0.717, 1.165) is 30.4 Å². The van der Waals surface area contributed by atoms with Crippen LogP contribution in [0.15, 0.2) is 18.2 Å². The van der Waals surface area contributed by atoms with E-state index in [1.54, 1.807) is 6.07 Å². The first kappa shape index (κ1) is 14.1. The monoisotopic (exact) mass is 211 g/mol. The van der Waals surface area contributed by atoms with Gasteiger partial charge in [0.05, 0.1) is 0 Å². The van der Waals surface area contributed by atoms with Crippen LogP contribution in [0.3, 0.4) is 0 Å². The molecule has 0 fully saturated rings. The third-order valence-corrected chi connectivity index (χ3v) is 2.10. The van der Waals surface area contributed by atoms with E-state index in [9.17, 15) is 4.39 Å². The zero-order valence-corrected chi connectivity index (χ0v) is 10.0. The van der Waals surface area contributed by atoms with Crippen molar-refractivity contribution in [3.8, 4) is 0 Å². The molecule has 0 bridgehead atoms. The minimum atomic E-state index is -0.0948. The van der Waals surface area contributed by atoms with Crippen molar-refractivity contribution in [2.45, 2.75) is 40.0 Å². The first-order valence-electron chi connectivity index (χ1n) is 5.69. The van der Waals surface area contributed by atoms with E-state index in [0.29, 0.717) is 6.54 Å². The van der Waals surface area contributed by atoms with E-state index in [1.165, 1.54) is 6.07 Å². The molecule has 1 nitrogen and oxygen atoms in total. The second-order valence-corrected chi connectivity index (χ2v) is 3.34. The lowest BCUT2D eigenvalue weighted by atomic mass is 10.1. The van der Waals surface area contributed by atoms with Crippen LogP contribution in [0.1, 0.15) is 37.8 Å². The van der Waals surface area contributed by atoms with Gasteiger partial charge in [-0.2, -0.15) is 0 Å². The van der Waals surface area contributed by atoms with Crippen molar-refractivity contribution in [2.24, 2.45) is 5.73 Å². The molecule has 15 heavy (non-hydrogen) atoms. The largest absolute Gasteiger partial charge is 0.330 e. The predicted octanol–water partition coefficient (Wildman–Crippen LogP) is 3.44. The van der Waals surface area contributed by atoms with Crippen molar-refractivity contribution < 1.29 is 4.39 Å². The Kier molecular flexibility index (Phi) is 7.92. The van der Waals surface area contributed by atoms with Crippen molar-refractivity contribution >= 4 is 0 Å². The zero-order chi connectivity index (χ0) is 11.7. The number of aryl methyl sites for hydroxylation is 2. The zero-order valence-electron chi connectivity index (χ0n) is 10.0. The van der Waals surface area contributed by atoms with Crippen molar-refractivity contribution in [2.75, 3.05) is 6.54 Å². The topological polar surface area (TPSA) is 26.0 Å². The van der Waals surface area contributed by atoms with E-state index < -0.39 is 0 Å². The highest BCUT2D eigenvalue weighted by atomic mass is 19.1. The highest BCUT2D eigenvalue weighted by Crippen LogP contribution is 2.12. The lowest BCUT2D eigenvalue weighted by molar-refractivity contribution is 0.600. The van der Waals surface area contributed by atoms with Crippen LogP contribution in [-0.4, -0.2) is 6.54 Å². The van der Waals surface area contributed by atoms with Crippen LogP contribution < -0.4 is 5.73 Å². The Morgan fingerprint density at radius 2 is 1.87 bits per heavy atom. The number of hydrogen-bond donors (Lipinski definition) is 1. The molecule has 0 amide bonds. The molecule has 0 unspecified atom stereocenters. The van der Waals surface area contributed by atoms with Crippen LogP contribution in [0.2, 0.25) is 0 Å². The summed E-state index contributed by atoms with van der Waals surface area (Å²) >= 11 is 0. The maximum Gasteiger partial charge on any atom is 0.126 e. The number of nitrogens with two attached hydrogens (primary N) is 1. The first-order chi connectivity index (χ1) is 7.24. The lowest BCUT2D eigenvalue weighted by Gasteiger charge is -2.03. The molecule has 1 aromatic rings. The molecule has 0 heterocycles. The molecule has 0 aromatic heterocycles. The fraction of sp³-hybridized carbons (Fsp3) is 0.538. The molecule has 2 N–H and O–H groups in total. The van der Waals surface area contributed by atoms with Gasteiger partial charge in [-0.1, -0.05) is 31.5 Å². The van der Waals surface area contributed by atoms with E-state index in [2.05, 4.69) is 0 Å². The summed E-state index contributed by atoms with van der Waals surface area (Å²) in [6.07, 6.45) is 2.73. The molecule has 0 saturated carbocycles. The molecule has 0 aliphatic carbocycles. The minimum absolute atomic E-state index is 0.0948. The van der Waals surface area contributed by atoms with Gasteiger partial charge in [0.25, 0.3) is 0 Å². The molecule has 0 radical (unpaired) electrons. The standard InChI is InChI=1S/C11H16FN.C2H6/c1-9-5-6-11(12)10(8-9)4-2-3-7-13;1-2/h5-6,8H,2-4,7,13H2,1H3;1-2H3. The van der Waals surface area contributed by atoms with Crippen LogP contribution in [-0.2, 0) is 6.42 Å². The average Bonchev–Trinajstić information content (AvgIpc) is 2.26. The highest BCUT2D eigenvalue weighted by molar-refractivity contribution is 5.24. The van der Waals surface area contributed by atoms with Crippen LogP contribution >= 0.6 is 0 Å². The normalized spacial score (nSPS) is 9.40. The summed E-state index contributed by atoms with van der Waals surface area (Å²) in [5.41, 5.74) is 7.30. The quantitative estimate of drug-likeness (QED) is 0.758. The molecular formula is C13H22FN. The molecular weight excluding hydrogens is 189 g/mol. The summed E-state index contributed by atoms with van der Waals surface area (Å²) in [7, 11) is 0. The number of hydrogen-bond acceptors (Lipinski definition) is 1. The highest BCUT2D eigenvalue weighted by Gasteiger charge is 2.00. The summed E-state index contributed by atoms with van der Waals surface area (Å²) < 4.78 is 13.2. The van der Waals surface area contributed by atoms with Crippen LogP contribution in [0.5, 0.6) is 0 Å². The fourth-order valence-electron chi connectivity index (χ4n) is 1.35. The second kappa shape index (κ2) is 8.42. The summed E-state index contributed by atoms with van der Waals surface area (Å²) in [6, 6.07) is 5.24. The Hall–Kier alpha value is -0.890. The number of benzene rings is 1. The number of rotatable bonds is 4. The third kappa shape index (κ3) is 5.53. The van der Waals surface area contributed by atoms with Gasteiger partial charge in [-0.25, -0.2) is 4.39 Å². The fourth-order valence-corrected chi connectivity index (χ4v) is 1.35. The van der Waals surface area contributed by atoms with Crippen molar-refractivity contribution in [1.29, 1.82) is 0 Å².